The third-order valence-corrected chi connectivity index (χ3v) is 2.05. The fourth-order valence-electron chi connectivity index (χ4n) is 1.21. The van der Waals surface area contributed by atoms with Gasteiger partial charge >= 0.3 is 24.4 Å². The number of benzene rings is 1. The van der Waals surface area contributed by atoms with Crippen LogP contribution in [0.2, 0.25) is 0 Å². The Kier molecular flexibility index (Phi) is 4.53. The lowest BCUT2D eigenvalue weighted by Gasteiger charge is -2.20. The minimum absolute atomic E-state index is 0.0221. The molecule has 22 heavy (non-hydrogen) atoms. The standard InChI is InChI=1S/C10H5F7N2O3/c11-5-1-4(9(12,13)14)2-6(3-5)19(8(18)21)22-7(20)10(15,16)17/h1-3H,(H2,18,21). The van der Waals surface area contributed by atoms with Gasteiger partial charge in [0.25, 0.3) is 0 Å². The summed E-state index contributed by atoms with van der Waals surface area (Å²) in [6.07, 6.45) is -10.6. The average Bonchev–Trinajstić information content (AvgIpc) is 2.31. The Morgan fingerprint density at radius 3 is 2.00 bits per heavy atom. The van der Waals surface area contributed by atoms with Gasteiger partial charge in [-0.25, -0.2) is 14.0 Å². The molecule has 0 aliphatic heterocycles. The zero-order valence-corrected chi connectivity index (χ0v) is 10.1. The van der Waals surface area contributed by atoms with Crippen molar-refractivity contribution in [2.75, 3.05) is 5.06 Å². The number of urea groups is 1. The monoisotopic (exact) mass is 334 g/mol. The van der Waals surface area contributed by atoms with E-state index < -0.39 is 46.5 Å². The van der Waals surface area contributed by atoms with Crippen LogP contribution in [-0.4, -0.2) is 18.2 Å². The van der Waals surface area contributed by atoms with Crippen LogP contribution in [-0.2, 0) is 15.8 Å². The van der Waals surface area contributed by atoms with E-state index in [1.54, 1.807) is 0 Å². The number of rotatable bonds is 1. The quantitative estimate of drug-likeness (QED) is 0.634. The minimum Gasteiger partial charge on any atom is -0.349 e. The van der Waals surface area contributed by atoms with Crippen LogP contribution in [0.1, 0.15) is 5.56 Å². The third-order valence-electron chi connectivity index (χ3n) is 2.05. The van der Waals surface area contributed by atoms with Gasteiger partial charge in [0.15, 0.2) is 0 Å². The van der Waals surface area contributed by atoms with Crippen molar-refractivity contribution in [2.45, 2.75) is 12.4 Å². The number of hydrogen-bond acceptors (Lipinski definition) is 3. The number of halogens is 7. The molecule has 0 bridgehead atoms. The molecule has 1 rings (SSSR count). The Hall–Kier alpha value is -2.53. The van der Waals surface area contributed by atoms with Gasteiger partial charge in [-0.05, 0) is 12.1 Å². The molecule has 0 spiro atoms. The molecule has 2 amide bonds. The van der Waals surface area contributed by atoms with Crippen LogP contribution in [0, 0.1) is 5.82 Å². The smallest absolute Gasteiger partial charge is 0.349 e. The summed E-state index contributed by atoms with van der Waals surface area (Å²) in [6, 6.07) is -1.54. The van der Waals surface area contributed by atoms with Crippen LogP contribution >= 0.6 is 0 Å². The van der Waals surface area contributed by atoms with Crippen LogP contribution in [0.4, 0.5) is 41.2 Å². The molecule has 2 N–H and O–H groups in total. The van der Waals surface area contributed by atoms with E-state index in [0.717, 1.165) is 0 Å². The third kappa shape index (κ3) is 4.23. The van der Waals surface area contributed by atoms with Gasteiger partial charge in [0.05, 0.1) is 11.3 Å². The number of alkyl halides is 6. The van der Waals surface area contributed by atoms with E-state index in [1.807, 2.05) is 0 Å². The number of carbonyl (C=O) groups excluding carboxylic acids is 2. The molecular formula is C10H5F7N2O3. The summed E-state index contributed by atoms with van der Waals surface area (Å²) in [7, 11) is 0. The van der Waals surface area contributed by atoms with Crippen molar-refractivity contribution in [3.8, 4) is 0 Å². The van der Waals surface area contributed by atoms with Crippen LogP contribution in [0.25, 0.3) is 0 Å². The number of hydroxylamine groups is 1. The topological polar surface area (TPSA) is 72.6 Å². The summed E-state index contributed by atoms with van der Waals surface area (Å²) in [6.45, 7) is 0. The molecule has 5 nitrogen and oxygen atoms in total. The normalized spacial score (nSPS) is 12.0. The van der Waals surface area contributed by atoms with E-state index in [0.29, 0.717) is 0 Å². The Balaban J connectivity index is 3.26. The molecule has 0 saturated heterocycles. The molecular weight excluding hydrogens is 329 g/mol. The Bertz CT molecular complexity index is 597. The van der Waals surface area contributed by atoms with E-state index >= 15 is 0 Å². The first kappa shape index (κ1) is 17.5. The maximum Gasteiger partial charge on any atom is 0.493 e. The highest BCUT2D eigenvalue weighted by Crippen LogP contribution is 2.33. The number of primary amides is 1. The van der Waals surface area contributed by atoms with Gasteiger partial charge in [0.1, 0.15) is 5.82 Å². The van der Waals surface area contributed by atoms with Gasteiger partial charge in [-0.15, -0.1) is 5.06 Å². The summed E-state index contributed by atoms with van der Waals surface area (Å²) in [5, 5.41) is -0.603. The van der Waals surface area contributed by atoms with Crippen molar-refractivity contribution in [3.05, 3.63) is 29.6 Å². The summed E-state index contributed by atoms with van der Waals surface area (Å²) < 4.78 is 86.6. The molecule has 0 saturated carbocycles. The fraction of sp³-hybridized carbons (Fsp3) is 0.200. The molecule has 0 heterocycles. The lowest BCUT2D eigenvalue weighted by atomic mass is 10.2. The van der Waals surface area contributed by atoms with Crippen LogP contribution in [0.5, 0.6) is 0 Å². The molecule has 1 aromatic rings. The molecule has 0 aliphatic carbocycles. The van der Waals surface area contributed by atoms with Crippen molar-refractivity contribution >= 4 is 17.7 Å². The molecule has 0 atom stereocenters. The van der Waals surface area contributed by atoms with Crippen LogP contribution in [0.15, 0.2) is 18.2 Å². The highest BCUT2D eigenvalue weighted by atomic mass is 19.4. The number of anilines is 1. The SMILES string of the molecule is NC(=O)N(OC(=O)C(F)(F)F)c1cc(F)cc(C(F)(F)F)c1. The zero-order valence-electron chi connectivity index (χ0n) is 10.1. The van der Waals surface area contributed by atoms with Crippen molar-refractivity contribution in [1.82, 2.24) is 0 Å². The van der Waals surface area contributed by atoms with Gasteiger partial charge < -0.3 is 10.6 Å². The predicted octanol–water partition coefficient (Wildman–Crippen LogP) is 2.75. The molecule has 0 radical (unpaired) electrons. The lowest BCUT2D eigenvalue weighted by molar-refractivity contribution is -0.199. The molecule has 12 heteroatoms. The van der Waals surface area contributed by atoms with E-state index in [-0.39, 0.29) is 18.2 Å². The van der Waals surface area contributed by atoms with Crippen LogP contribution in [0.3, 0.4) is 0 Å². The molecule has 1 aromatic carbocycles. The summed E-state index contributed by atoms with van der Waals surface area (Å²) in [5.74, 6) is -4.47. The maximum atomic E-state index is 13.1. The van der Waals surface area contributed by atoms with Gasteiger partial charge in [-0.2, -0.15) is 26.3 Å². The predicted molar refractivity (Wildman–Crippen MR) is 55.6 cm³/mol. The number of carbonyl (C=O) groups is 2. The number of hydrogen-bond donors (Lipinski definition) is 1. The number of amides is 2. The summed E-state index contributed by atoms with van der Waals surface area (Å²) in [4.78, 5) is 25.1. The van der Waals surface area contributed by atoms with E-state index in [9.17, 15) is 40.3 Å². The van der Waals surface area contributed by atoms with Gasteiger partial charge in [0.2, 0.25) is 0 Å². The first-order valence-electron chi connectivity index (χ1n) is 5.09. The number of nitrogens with two attached hydrogens (primary N) is 1. The minimum atomic E-state index is -5.55. The first-order chi connectivity index (χ1) is 9.82. The molecule has 0 aliphatic rings. The molecule has 122 valence electrons. The maximum absolute atomic E-state index is 13.1. The lowest BCUT2D eigenvalue weighted by Crippen LogP contribution is -2.41. The van der Waals surface area contributed by atoms with E-state index in [4.69, 9.17) is 0 Å². The second-order valence-corrected chi connectivity index (χ2v) is 3.70. The highest BCUT2D eigenvalue weighted by Gasteiger charge is 2.44. The van der Waals surface area contributed by atoms with Crippen molar-refractivity contribution in [2.24, 2.45) is 5.73 Å². The van der Waals surface area contributed by atoms with Gasteiger partial charge in [0, 0.05) is 6.07 Å². The zero-order chi connectivity index (χ0) is 17.3. The Labute approximate surface area is 117 Å². The second-order valence-electron chi connectivity index (χ2n) is 3.70. The summed E-state index contributed by atoms with van der Waals surface area (Å²) in [5.41, 5.74) is 1.84. The van der Waals surface area contributed by atoms with Crippen LogP contribution < -0.4 is 10.8 Å². The van der Waals surface area contributed by atoms with Crippen molar-refractivity contribution < 1.29 is 45.2 Å². The average molecular weight is 334 g/mol. The Morgan fingerprint density at radius 2 is 1.59 bits per heavy atom. The van der Waals surface area contributed by atoms with E-state index in [1.165, 1.54) is 0 Å². The fourth-order valence-corrected chi connectivity index (χ4v) is 1.21. The number of nitrogens with zero attached hydrogens (tertiary/aromatic N) is 1. The van der Waals surface area contributed by atoms with Gasteiger partial charge in [-0.1, -0.05) is 0 Å². The van der Waals surface area contributed by atoms with Crippen molar-refractivity contribution in [3.63, 3.8) is 0 Å². The first-order valence-corrected chi connectivity index (χ1v) is 5.09. The highest BCUT2D eigenvalue weighted by molar-refractivity contribution is 5.91. The van der Waals surface area contributed by atoms with Gasteiger partial charge in [-0.3, -0.25) is 0 Å². The summed E-state index contributed by atoms with van der Waals surface area (Å²) >= 11 is 0. The second kappa shape index (κ2) is 5.69. The largest absolute Gasteiger partial charge is 0.493 e. The van der Waals surface area contributed by atoms with Crippen molar-refractivity contribution in [1.29, 1.82) is 0 Å². The molecule has 0 unspecified atom stereocenters. The molecule has 0 aromatic heterocycles. The molecule has 0 fully saturated rings. The van der Waals surface area contributed by atoms with E-state index in [2.05, 4.69) is 10.6 Å². The Morgan fingerprint density at radius 1 is 1.05 bits per heavy atom.